The molecule has 1 saturated heterocycles. The molecule has 1 aromatic rings. The molecule has 1 aliphatic rings. The van der Waals surface area contributed by atoms with Gasteiger partial charge in [0, 0.05) is 12.6 Å². The van der Waals surface area contributed by atoms with E-state index in [0.29, 0.717) is 12.1 Å². The smallest absolute Gasteiger partial charge is 0.255 e. The van der Waals surface area contributed by atoms with Crippen LogP contribution in [0.4, 0.5) is 4.39 Å². The molecule has 6 heteroatoms. The molecule has 0 radical (unpaired) electrons. The van der Waals surface area contributed by atoms with Crippen LogP contribution in [0.5, 0.6) is 0 Å². The van der Waals surface area contributed by atoms with Gasteiger partial charge in [-0.05, 0) is 50.6 Å². The molecule has 2 rings (SSSR count). The molecule has 1 N–H and O–H groups in total. The summed E-state index contributed by atoms with van der Waals surface area (Å²) in [7, 11) is 0. The van der Waals surface area contributed by atoms with Crippen molar-refractivity contribution in [1.82, 2.24) is 10.2 Å². The van der Waals surface area contributed by atoms with E-state index in [1.807, 2.05) is 11.8 Å². The number of hydrogen-bond donors (Lipinski definition) is 1. The van der Waals surface area contributed by atoms with Crippen LogP contribution in [-0.4, -0.2) is 36.5 Å². The first-order valence-electron chi connectivity index (χ1n) is 7.10. The molecule has 3 nitrogen and oxygen atoms in total. The Morgan fingerprint density at radius 2 is 2.10 bits per heavy atom. The number of carbonyl (C=O) groups is 1. The van der Waals surface area contributed by atoms with E-state index in [4.69, 9.17) is 11.6 Å². The van der Waals surface area contributed by atoms with Crippen LogP contribution in [0.25, 0.3) is 0 Å². The summed E-state index contributed by atoms with van der Waals surface area (Å²) in [4.78, 5) is 14.6. The average molecular weight is 335 g/mol. The molecule has 0 spiro atoms. The fourth-order valence-electron chi connectivity index (χ4n) is 2.63. The van der Waals surface area contributed by atoms with Gasteiger partial charge in [0.15, 0.2) is 0 Å². The molecule has 0 unspecified atom stereocenters. The number of nitrogens with zero attached hydrogens (tertiary/aromatic N) is 1. The molecule has 1 fully saturated rings. The van der Waals surface area contributed by atoms with Crippen molar-refractivity contribution < 1.29 is 9.18 Å². The fraction of sp³-hybridized carbons (Fsp3) is 0.533. The molecule has 0 aromatic heterocycles. The fourth-order valence-corrected chi connectivity index (χ4v) is 2.87. The van der Waals surface area contributed by atoms with Crippen molar-refractivity contribution in [3.05, 3.63) is 34.6 Å². The van der Waals surface area contributed by atoms with Crippen molar-refractivity contribution in [2.45, 2.75) is 32.2 Å². The second-order valence-corrected chi connectivity index (χ2v) is 5.51. The van der Waals surface area contributed by atoms with Gasteiger partial charge in [-0.25, -0.2) is 4.39 Å². The van der Waals surface area contributed by atoms with E-state index in [1.165, 1.54) is 18.2 Å². The second kappa shape index (κ2) is 8.57. The molecule has 0 atom stereocenters. The highest BCUT2D eigenvalue weighted by Gasteiger charge is 2.26. The topological polar surface area (TPSA) is 32.3 Å². The Hall–Kier alpha value is -0.840. The van der Waals surface area contributed by atoms with Crippen molar-refractivity contribution in [2.75, 3.05) is 19.6 Å². The third-order valence-electron chi connectivity index (χ3n) is 3.64. The zero-order valence-electron chi connectivity index (χ0n) is 12.1. The highest BCUT2D eigenvalue weighted by molar-refractivity contribution is 6.33. The summed E-state index contributed by atoms with van der Waals surface area (Å²) in [5.41, 5.74) is 0.389. The van der Waals surface area contributed by atoms with Crippen LogP contribution < -0.4 is 5.32 Å². The Balaban J connectivity index is 0.00000220. The summed E-state index contributed by atoms with van der Waals surface area (Å²) in [5.74, 6) is -0.515. The Morgan fingerprint density at radius 3 is 2.67 bits per heavy atom. The van der Waals surface area contributed by atoms with Crippen LogP contribution in [0.1, 0.15) is 36.5 Å². The van der Waals surface area contributed by atoms with E-state index < -0.39 is 5.82 Å². The first kappa shape index (κ1) is 18.2. The monoisotopic (exact) mass is 334 g/mol. The molecule has 0 saturated carbocycles. The number of amides is 1. The average Bonchev–Trinajstić information content (AvgIpc) is 2.45. The number of nitrogens with one attached hydrogen (secondary N) is 1. The minimum Gasteiger partial charge on any atom is -0.336 e. The molecule has 1 amide bonds. The highest BCUT2D eigenvalue weighted by atomic mass is 35.5. The maximum Gasteiger partial charge on any atom is 0.255 e. The largest absolute Gasteiger partial charge is 0.336 e. The van der Waals surface area contributed by atoms with Crippen molar-refractivity contribution in [3.63, 3.8) is 0 Å². The van der Waals surface area contributed by atoms with Crippen molar-refractivity contribution >= 4 is 29.9 Å². The Kier molecular flexibility index (Phi) is 7.43. The number of benzene rings is 1. The summed E-state index contributed by atoms with van der Waals surface area (Å²) < 4.78 is 13.1. The highest BCUT2D eigenvalue weighted by Crippen LogP contribution is 2.22. The lowest BCUT2D eigenvalue weighted by Crippen LogP contribution is -2.46. The molecular weight excluding hydrogens is 314 g/mol. The quantitative estimate of drug-likeness (QED) is 0.913. The minimum absolute atomic E-state index is 0. The Morgan fingerprint density at radius 1 is 1.43 bits per heavy atom. The molecule has 118 valence electrons. The number of hydrogen-bond acceptors (Lipinski definition) is 2. The number of rotatable bonds is 4. The normalized spacial score (nSPS) is 15.4. The maximum atomic E-state index is 13.1. The summed E-state index contributed by atoms with van der Waals surface area (Å²) in [6.07, 6.45) is 2.80. The Labute approximate surface area is 136 Å². The van der Waals surface area contributed by atoms with Gasteiger partial charge in [-0.1, -0.05) is 18.5 Å². The SMILES string of the molecule is CCCN(C(=O)c1ccc(F)cc1Cl)C1CCNCC1.Cl. The van der Waals surface area contributed by atoms with E-state index in [9.17, 15) is 9.18 Å². The summed E-state index contributed by atoms with van der Waals surface area (Å²) in [5, 5.41) is 3.48. The van der Waals surface area contributed by atoms with Gasteiger partial charge in [0.05, 0.1) is 10.6 Å². The predicted octanol–water partition coefficient (Wildman–Crippen LogP) is 3.51. The third kappa shape index (κ3) is 4.56. The van der Waals surface area contributed by atoms with Gasteiger partial charge < -0.3 is 10.2 Å². The van der Waals surface area contributed by atoms with E-state index in [1.54, 1.807) is 0 Å². The summed E-state index contributed by atoms with van der Waals surface area (Å²) in [6, 6.07) is 4.20. The van der Waals surface area contributed by atoms with Gasteiger partial charge >= 0.3 is 0 Å². The molecular formula is C15H21Cl2FN2O. The summed E-state index contributed by atoms with van der Waals surface area (Å²) >= 11 is 6.01. The zero-order chi connectivity index (χ0) is 14.5. The van der Waals surface area contributed by atoms with Gasteiger partial charge in [0.1, 0.15) is 5.82 Å². The third-order valence-corrected chi connectivity index (χ3v) is 3.95. The van der Waals surface area contributed by atoms with Crippen molar-refractivity contribution in [1.29, 1.82) is 0 Å². The van der Waals surface area contributed by atoms with Crippen LogP contribution in [-0.2, 0) is 0 Å². The van der Waals surface area contributed by atoms with Crippen LogP contribution in [0.3, 0.4) is 0 Å². The van der Waals surface area contributed by atoms with Crippen LogP contribution >= 0.6 is 24.0 Å². The lowest BCUT2D eigenvalue weighted by Gasteiger charge is -2.34. The Bertz CT molecular complexity index is 479. The molecule has 0 aliphatic carbocycles. The molecule has 0 bridgehead atoms. The van der Waals surface area contributed by atoms with Crippen molar-refractivity contribution in [3.8, 4) is 0 Å². The lowest BCUT2D eigenvalue weighted by molar-refractivity contribution is 0.0643. The zero-order valence-corrected chi connectivity index (χ0v) is 13.6. The van der Waals surface area contributed by atoms with Gasteiger partial charge in [0.2, 0.25) is 0 Å². The van der Waals surface area contributed by atoms with E-state index in [2.05, 4.69) is 5.32 Å². The van der Waals surface area contributed by atoms with E-state index >= 15 is 0 Å². The first-order chi connectivity index (χ1) is 9.63. The summed E-state index contributed by atoms with van der Waals surface area (Å²) in [6.45, 7) is 4.61. The molecule has 1 aliphatic heterocycles. The molecule has 21 heavy (non-hydrogen) atoms. The van der Waals surface area contributed by atoms with E-state index in [-0.39, 0.29) is 29.4 Å². The maximum absolute atomic E-state index is 13.1. The lowest BCUT2D eigenvalue weighted by atomic mass is 10.0. The van der Waals surface area contributed by atoms with Gasteiger partial charge in [-0.15, -0.1) is 12.4 Å². The number of piperidine rings is 1. The predicted molar refractivity (Wildman–Crippen MR) is 85.9 cm³/mol. The molecule has 1 heterocycles. The van der Waals surface area contributed by atoms with Gasteiger partial charge in [-0.2, -0.15) is 0 Å². The standard InChI is InChI=1S/C15H20ClFN2O.ClH/c1-2-9-19(12-5-7-18-8-6-12)15(20)13-4-3-11(17)10-14(13)16;/h3-4,10,12,18H,2,5-9H2,1H3;1H. The van der Waals surface area contributed by atoms with Gasteiger partial charge in [-0.3, -0.25) is 4.79 Å². The number of halogens is 3. The second-order valence-electron chi connectivity index (χ2n) is 5.10. The minimum atomic E-state index is -0.421. The first-order valence-corrected chi connectivity index (χ1v) is 7.48. The van der Waals surface area contributed by atoms with Gasteiger partial charge in [0.25, 0.3) is 5.91 Å². The van der Waals surface area contributed by atoms with Crippen LogP contribution in [0.15, 0.2) is 18.2 Å². The number of carbonyl (C=O) groups excluding carboxylic acids is 1. The van der Waals surface area contributed by atoms with Crippen LogP contribution in [0, 0.1) is 5.82 Å². The van der Waals surface area contributed by atoms with Crippen LogP contribution in [0.2, 0.25) is 5.02 Å². The van der Waals surface area contributed by atoms with Crippen molar-refractivity contribution in [2.24, 2.45) is 0 Å². The molecule has 1 aromatic carbocycles. The van der Waals surface area contributed by atoms with E-state index in [0.717, 1.165) is 32.4 Å².